The number of hydrogen-bond acceptors (Lipinski definition) is 5. The third-order valence-electron chi connectivity index (χ3n) is 6.21. The third kappa shape index (κ3) is 4.29. The highest BCUT2D eigenvalue weighted by atomic mass is 32.2. The summed E-state index contributed by atoms with van der Waals surface area (Å²) in [7, 11) is 1.91. The monoisotopic (exact) mass is 454 g/mol. The van der Waals surface area contributed by atoms with Crippen molar-refractivity contribution in [2.75, 3.05) is 24.7 Å². The Kier molecular flexibility index (Phi) is 6.23. The fraction of sp³-hybridized carbons (Fsp3) is 0.259. The maximum absolute atomic E-state index is 10.1. The number of fused-ring (bicyclic) bond motifs is 1. The topological polar surface area (TPSA) is 62.9 Å². The molecule has 1 aliphatic carbocycles. The van der Waals surface area contributed by atoms with Crippen molar-refractivity contribution in [1.82, 2.24) is 9.55 Å². The maximum Gasteiger partial charge on any atom is 0.121 e. The number of nitriles is 1. The number of hydrogen-bond donors (Lipinski definition) is 1. The molecule has 1 N–H and O–H groups in total. The Morgan fingerprint density at radius 1 is 1.15 bits per heavy atom. The fourth-order valence-electron chi connectivity index (χ4n) is 4.33. The normalized spacial score (nSPS) is 13.5. The zero-order valence-corrected chi connectivity index (χ0v) is 19.4. The standard InChI is InChI=1S/C27H26N4OS/c1-29-20-10-8-19(9-11-20)27-24(18-28)23-13-12-22(17-25(23)31(27)21-5-4-6-21)32-15-16-33-26-7-2-3-14-30-26/h2-3,7-14,17,21,29H,4-6,15-16H2,1H3. The van der Waals surface area contributed by atoms with E-state index in [2.05, 4.69) is 51.3 Å². The van der Waals surface area contributed by atoms with Crippen LogP contribution < -0.4 is 10.1 Å². The maximum atomic E-state index is 10.1. The molecule has 0 saturated heterocycles. The lowest BCUT2D eigenvalue weighted by molar-refractivity contribution is 0.323. The summed E-state index contributed by atoms with van der Waals surface area (Å²) in [5, 5.41) is 15.3. The highest BCUT2D eigenvalue weighted by molar-refractivity contribution is 7.99. The van der Waals surface area contributed by atoms with Gasteiger partial charge in [-0.05, 0) is 61.2 Å². The number of aromatic nitrogens is 2. The average Bonchev–Trinajstić information content (AvgIpc) is 3.15. The SMILES string of the molecule is CNc1ccc(-c2c(C#N)c3ccc(OCCSc4ccccn4)cc3n2C2CCC2)cc1. The number of ether oxygens (including phenoxy) is 1. The Labute approximate surface area is 198 Å². The van der Waals surface area contributed by atoms with Gasteiger partial charge >= 0.3 is 0 Å². The van der Waals surface area contributed by atoms with E-state index in [1.165, 1.54) is 6.42 Å². The summed E-state index contributed by atoms with van der Waals surface area (Å²) < 4.78 is 8.46. The van der Waals surface area contributed by atoms with Crippen molar-refractivity contribution in [2.24, 2.45) is 0 Å². The smallest absolute Gasteiger partial charge is 0.121 e. The van der Waals surface area contributed by atoms with Gasteiger partial charge in [-0.15, -0.1) is 11.8 Å². The lowest BCUT2D eigenvalue weighted by atomic mass is 9.92. The number of thioether (sulfide) groups is 1. The molecule has 166 valence electrons. The van der Waals surface area contributed by atoms with Crippen LogP contribution in [0.5, 0.6) is 5.75 Å². The summed E-state index contributed by atoms with van der Waals surface area (Å²) in [6, 6.07) is 23.3. The molecule has 5 rings (SSSR count). The first-order valence-electron chi connectivity index (χ1n) is 11.3. The minimum absolute atomic E-state index is 0.420. The summed E-state index contributed by atoms with van der Waals surface area (Å²) in [4.78, 5) is 4.34. The first-order chi connectivity index (χ1) is 16.3. The van der Waals surface area contributed by atoms with Crippen LogP contribution in [0, 0.1) is 11.3 Å². The molecular formula is C27H26N4OS. The molecule has 2 aromatic heterocycles. The molecule has 0 bridgehead atoms. The van der Waals surface area contributed by atoms with Crippen LogP contribution >= 0.6 is 11.8 Å². The zero-order valence-electron chi connectivity index (χ0n) is 18.6. The van der Waals surface area contributed by atoms with Gasteiger partial charge in [-0.3, -0.25) is 0 Å². The molecule has 0 amide bonds. The van der Waals surface area contributed by atoms with Gasteiger partial charge < -0.3 is 14.6 Å². The quantitative estimate of drug-likeness (QED) is 0.243. The van der Waals surface area contributed by atoms with Crippen molar-refractivity contribution < 1.29 is 4.74 Å². The second kappa shape index (κ2) is 9.60. The predicted molar refractivity (Wildman–Crippen MR) is 135 cm³/mol. The van der Waals surface area contributed by atoms with Crippen LogP contribution in [-0.2, 0) is 0 Å². The largest absolute Gasteiger partial charge is 0.493 e. The highest BCUT2D eigenvalue weighted by Crippen LogP contribution is 2.43. The number of nitrogens with one attached hydrogen (secondary N) is 1. The van der Waals surface area contributed by atoms with Gasteiger partial charge in [0.25, 0.3) is 0 Å². The van der Waals surface area contributed by atoms with E-state index in [4.69, 9.17) is 4.74 Å². The summed E-state index contributed by atoms with van der Waals surface area (Å²) >= 11 is 1.69. The Bertz CT molecular complexity index is 1290. The molecular weight excluding hydrogens is 428 g/mol. The molecule has 33 heavy (non-hydrogen) atoms. The van der Waals surface area contributed by atoms with E-state index in [1.54, 1.807) is 11.8 Å². The second-order valence-electron chi connectivity index (χ2n) is 8.16. The number of nitrogens with zero attached hydrogens (tertiary/aromatic N) is 3. The Hall–Kier alpha value is -3.43. The van der Waals surface area contributed by atoms with E-state index < -0.39 is 0 Å². The van der Waals surface area contributed by atoms with Crippen molar-refractivity contribution in [3.8, 4) is 23.1 Å². The number of anilines is 1. The summed E-state index contributed by atoms with van der Waals surface area (Å²) in [6.45, 7) is 0.598. The molecule has 6 heteroatoms. The fourth-order valence-corrected chi connectivity index (χ4v) is 5.02. The van der Waals surface area contributed by atoms with Gasteiger partial charge in [-0.25, -0.2) is 4.98 Å². The predicted octanol–water partition coefficient (Wildman–Crippen LogP) is 6.51. The number of benzene rings is 2. The van der Waals surface area contributed by atoms with Gasteiger partial charge in [0.05, 0.1) is 28.4 Å². The summed E-state index contributed by atoms with van der Waals surface area (Å²) in [5.41, 5.74) is 4.97. The van der Waals surface area contributed by atoms with Crippen molar-refractivity contribution in [3.05, 3.63) is 72.4 Å². The molecule has 0 aliphatic heterocycles. The van der Waals surface area contributed by atoms with E-state index in [9.17, 15) is 5.26 Å². The molecule has 2 heterocycles. The van der Waals surface area contributed by atoms with Crippen LogP contribution in [0.1, 0.15) is 30.9 Å². The van der Waals surface area contributed by atoms with Gasteiger partial charge in [-0.2, -0.15) is 5.26 Å². The minimum Gasteiger partial charge on any atom is -0.493 e. The van der Waals surface area contributed by atoms with Gasteiger partial charge in [0.2, 0.25) is 0 Å². The Balaban J connectivity index is 1.46. The molecule has 0 unspecified atom stereocenters. The molecule has 4 aromatic rings. The minimum atomic E-state index is 0.420. The van der Waals surface area contributed by atoms with Gasteiger partial charge in [-0.1, -0.05) is 18.2 Å². The zero-order chi connectivity index (χ0) is 22.6. The molecule has 1 fully saturated rings. The van der Waals surface area contributed by atoms with Gasteiger partial charge in [0.1, 0.15) is 11.8 Å². The average molecular weight is 455 g/mol. The third-order valence-corrected chi connectivity index (χ3v) is 7.12. The lowest BCUT2D eigenvalue weighted by Gasteiger charge is -2.30. The van der Waals surface area contributed by atoms with Crippen LogP contribution in [0.25, 0.3) is 22.2 Å². The lowest BCUT2D eigenvalue weighted by Crippen LogP contribution is -2.17. The number of rotatable bonds is 8. The van der Waals surface area contributed by atoms with E-state index in [-0.39, 0.29) is 0 Å². The Morgan fingerprint density at radius 3 is 2.67 bits per heavy atom. The van der Waals surface area contributed by atoms with Crippen LogP contribution in [0.2, 0.25) is 0 Å². The van der Waals surface area contributed by atoms with Crippen molar-refractivity contribution in [1.29, 1.82) is 5.26 Å². The van der Waals surface area contributed by atoms with Crippen LogP contribution in [0.3, 0.4) is 0 Å². The first-order valence-corrected chi connectivity index (χ1v) is 12.3. The first kappa shape index (κ1) is 21.4. The molecule has 0 radical (unpaired) electrons. The molecule has 5 nitrogen and oxygen atoms in total. The molecule has 2 aromatic carbocycles. The number of pyridine rings is 1. The molecule has 0 spiro atoms. The van der Waals surface area contributed by atoms with Crippen molar-refractivity contribution in [2.45, 2.75) is 30.3 Å². The molecule has 0 atom stereocenters. The summed E-state index contributed by atoms with van der Waals surface area (Å²) in [5.74, 6) is 1.66. The van der Waals surface area contributed by atoms with Crippen LogP contribution in [-0.4, -0.2) is 29.0 Å². The van der Waals surface area contributed by atoms with Crippen LogP contribution in [0.15, 0.2) is 71.9 Å². The second-order valence-corrected chi connectivity index (χ2v) is 9.28. The highest BCUT2D eigenvalue weighted by Gasteiger charge is 2.28. The van der Waals surface area contributed by atoms with Crippen LogP contribution in [0.4, 0.5) is 5.69 Å². The summed E-state index contributed by atoms with van der Waals surface area (Å²) in [6.07, 6.45) is 5.32. The Morgan fingerprint density at radius 2 is 2.00 bits per heavy atom. The molecule has 1 aliphatic rings. The van der Waals surface area contributed by atoms with Crippen molar-refractivity contribution in [3.63, 3.8) is 0 Å². The van der Waals surface area contributed by atoms with Gasteiger partial charge in [0.15, 0.2) is 0 Å². The van der Waals surface area contributed by atoms with E-state index in [0.29, 0.717) is 12.6 Å². The van der Waals surface area contributed by atoms with Crippen molar-refractivity contribution >= 4 is 28.4 Å². The van der Waals surface area contributed by atoms with E-state index in [1.807, 2.05) is 43.6 Å². The van der Waals surface area contributed by atoms with E-state index >= 15 is 0 Å². The van der Waals surface area contributed by atoms with Gasteiger partial charge in [0, 0.05) is 42.2 Å². The molecule has 1 saturated carbocycles. The van der Waals surface area contributed by atoms with E-state index in [0.717, 1.165) is 62.8 Å².